The first kappa shape index (κ1) is 20.0. The summed E-state index contributed by atoms with van der Waals surface area (Å²) >= 11 is 6.07. The maximum atomic E-state index is 12.3. The molecule has 0 aliphatic carbocycles. The van der Waals surface area contributed by atoms with Crippen molar-refractivity contribution in [1.82, 2.24) is 4.90 Å². The van der Waals surface area contributed by atoms with Crippen LogP contribution in [0.4, 0.5) is 0 Å². The number of hydrogen-bond acceptors (Lipinski definition) is 4. The van der Waals surface area contributed by atoms with E-state index in [9.17, 15) is 9.90 Å². The lowest BCUT2D eigenvalue weighted by molar-refractivity contribution is -0.206. The Labute approximate surface area is 154 Å². The SMILES string of the molecule is CCCc1cc(Cl)ccc1OCC1CCN(C(=O)C(C)(O)OCC)C1. The molecule has 1 aromatic rings. The molecule has 2 atom stereocenters. The number of nitrogens with zero attached hydrogens (tertiary/aromatic N) is 1. The Kier molecular flexibility index (Phi) is 7.11. The van der Waals surface area contributed by atoms with Gasteiger partial charge in [0.1, 0.15) is 5.75 Å². The molecule has 0 aromatic heterocycles. The highest BCUT2D eigenvalue weighted by molar-refractivity contribution is 6.30. The smallest absolute Gasteiger partial charge is 0.282 e. The molecule has 1 aromatic carbocycles. The summed E-state index contributed by atoms with van der Waals surface area (Å²) in [5, 5.41) is 10.8. The number of aryl methyl sites for hydroxylation is 1. The van der Waals surface area contributed by atoms with Crippen molar-refractivity contribution in [2.45, 2.75) is 45.8 Å². The van der Waals surface area contributed by atoms with Crippen molar-refractivity contribution in [1.29, 1.82) is 0 Å². The Balaban J connectivity index is 1.91. The fourth-order valence-corrected chi connectivity index (χ4v) is 3.35. The second-order valence-electron chi connectivity index (χ2n) is 6.63. The zero-order valence-corrected chi connectivity index (χ0v) is 16.0. The molecule has 1 heterocycles. The highest BCUT2D eigenvalue weighted by Crippen LogP contribution is 2.26. The number of likely N-dealkylation sites (tertiary alicyclic amines) is 1. The van der Waals surface area contributed by atoms with E-state index in [1.165, 1.54) is 6.92 Å². The van der Waals surface area contributed by atoms with Gasteiger partial charge in [0.15, 0.2) is 0 Å². The Morgan fingerprint density at radius 3 is 2.88 bits per heavy atom. The fraction of sp³-hybridized carbons (Fsp3) is 0.632. The predicted octanol–water partition coefficient (Wildman–Crippen LogP) is 3.26. The quantitative estimate of drug-likeness (QED) is 0.714. The van der Waals surface area contributed by atoms with Gasteiger partial charge >= 0.3 is 0 Å². The van der Waals surface area contributed by atoms with Gasteiger partial charge in [-0.3, -0.25) is 4.79 Å². The minimum absolute atomic E-state index is 0.242. The van der Waals surface area contributed by atoms with Crippen LogP contribution in [0.3, 0.4) is 0 Å². The van der Waals surface area contributed by atoms with Crippen molar-refractivity contribution in [3.8, 4) is 5.75 Å². The van der Waals surface area contributed by atoms with E-state index in [0.717, 1.165) is 30.6 Å². The molecule has 5 nitrogen and oxygen atoms in total. The van der Waals surface area contributed by atoms with E-state index in [0.29, 0.717) is 24.7 Å². The standard InChI is InChI=1S/C19H28ClNO4/c1-4-6-15-11-16(20)7-8-17(15)24-13-14-9-10-21(12-14)18(22)19(3,23)25-5-2/h7-8,11,14,23H,4-6,9-10,12-13H2,1-3H3. The molecule has 0 bridgehead atoms. The average Bonchev–Trinajstić information content (AvgIpc) is 3.02. The van der Waals surface area contributed by atoms with Crippen LogP contribution in [0, 0.1) is 5.92 Å². The summed E-state index contributed by atoms with van der Waals surface area (Å²) in [6, 6.07) is 5.69. The Bertz CT molecular complexity index is 591. The van der Waals surface area contributed by atoms with E-state index >= 15 is 0 Å². The molecule has 1 fully saturated rings. The second kappa shape index (κ2) is 8.88. The van der Waals surface area contributed by atoms with Gasteiger partial charge in [-0.05, 0) is 50.5 Å². The summed E-state index contributed by atoms with van der Waals surface area (Å²) in [5.41, 5.74) is 1.11. The first-order valence-electron chi connectivity index (χ1n) is 8.94. The van der Waals surface area contributed by atoms with Gasteiger partial charge in [-0.1, -0.05) is 24.9 Å². The van der Waals surface area contributed by atoms with Crippen molar-refractivity contribution in [2.75, 3.05) is 26.3 Å². The Morgan fingerprint density at radius 2 is 2.20 bits per heavy atom. The van der Waals surface area contributed by atoms with E-state index in [2.05, 4.69) is 6.92 Å². The van der Waals surface area contributed by atoms with Gasteiger partial charge in [0.05, 0.1) is 6.61 Å². The summed E-state index contributed by atoms with van der Waals surface area (Å²) in [6.07, 6.45) is 2.79. The topological polar surface area (TPSA) is 59.0 Å². The van der Waals surface area contributed by atoms with Crippen LogP contribution in [-0.2, 0) is 16.0 Å². The van der Waals surface area contributed by atoms with Crippen LogP contribution in [0.15, 0.2) is 18.2 Å². The van der Waals surface area contributed by atoms with Crippen LogP contribution < -0.4 is 4.74 Å². The van der Waals surface area contributed by atoms with Crippen LogP contribution in [-0.4, -0.2) is 48.0 Å². The lowest BCUT2D eigenvalue weighted by atomic mass is 10.1. The van der Waals surface area contributed by atoms with E-state index in [1.54, 1.807) is 11.8 Å². The molecule has 140 valence electrons. The summed E-state index contributed by atoms with van der Waals surface area (Å²) in [5.74, 6) is -1.03. The van der Waals surface area contributed by atoms with Gasteiger partial charge in [0, 0.05) is 30.6 Å². The normalized spacial score (nSPS) is 19.7. The van der Waals surface area contributed by atoms with Crippen molar-refractivity contribution in [3.05, 3.63) is 28.8 Å². The molecule has 1 aliphatic heterocycles. The fourth-order valence-electron chi connectivity index (χ4n) is 3.15. The van der Waals surface area contributed by atoms with Crippen LogP contribution in [0.1, 0.15) is 39.2 Å². The number of ether oxygens (including phenoxy) is 2. The number of carbonyl (C=O) groups is 1. The Hall–Kier alpha value is -1.30. The molecular formula is C19H28ClNO4. The molecule has 25 heavy (non-hydrogen) atoms. The van der Waals surface area contributed by atoms with Crippen LogP contribution in [0.2, 0.25) is 5.02 Å². The van der Waals surface area contributed by atoms with Crippen LogP contribution in [0.5, 0.6) is 5.75 Å². The van der Waals surface area contributed by atoms with E-state index in [4.69, 9.17) is 21.1 Å². The largest absolute Gasteiger partial charge is 0.493 e. The van der Waals surface area contributed by atoms with Crippen molar-refractivity contribution in [3.63, 3.8) is 0 Å². The van der Waals surface area contributed by atoms with Crippen LogP contribution >= 0.6 is 11.6 Å². The van der Waals surface area contributed by atoms with Crippen molar-refractivity contribution >= 4 is 17.5 Å². The van der Waals surface area contributed by atoms with Crippen molar-refractivity contribution in [2.24, 2.45) is 5.92 Å². The molecule has 2 rings (SSSR count). The number of aliphatic hydroxyl groups is 1. The van der Waals surface area contributed by atoms with Gasteiger partial charge in [0.25, 0.3) is 5.91 Å². The average molecular weight is 370 g/mol. The summed E-state index contributed by atoms with van der Waals surface area (Å²) in [4.78, 5) is 14.0. The molecule has 1 amide bonds. The van der Waals surface area contributed by atoms with Crippen molar-refractivity contribution < 1.29 is 19.4 Å². The molecule has 0 spiro atoms. The van der Waals surface area contributed by atoms with Crippen LogP contribution in [0.25, 0.3) is 0 Å². The molecule has 1 N–H and O–H groups in total. The number of benzene rings is 1. The lowest BCUT2D eigenvalue weighted by Gasteiger charge is -2.27. The third-order valence-corrected chi connectivity index (χ3v) is 4.65. The highest BCUT2D eigenvalue weighted by atomic mass is 35.5. The van der Waals surface area contributed by atoms with Gasteiger partial charge in [-0.15, -0.1) is 0 Å². The lowest BCUT2D eigenvalue weighted by Crippen LogP contribution is -2.48. The third-order valence-electron chi connectivity index (χ3n) is 4.41. The molecule has 6 heteroatoms. The molecular weight excluding hydrogens is 342 g/mol. The monoisotopic (exact) mass is 369 g/mol. The second-order valence-corrected chi connectivity index (χ2v) is 7.07. The minimum atomic E-state index is -1.75. The molecule has 0 saturated carbocycles. The van der Waals surface area contributed by atoms with E-state index < -0.39 is 5.79 Å². The summed E-state index contributed by atoms with van der Waals surface area (Å²) in [6.45, 7) is 7.28. The molecule has 1 aliphatic rings. The maximum Gasteiger partial charge on any atom is 0.282 e. The highest BCUT2D eigenvalue weighted by Gasteiger charge is 2.38. The van der Waals surface area contributed by atoms with E-state index in [1.807, 2.05) is 18.2 Å². The Morgan fingerprint density at radius 1 is 1.44 bits per heavy atom. The number of amides is 1. The third kappa shape index (κ3) is 5.33. The summed E-state index contributed by atoms with van der Waals surface area (Å²) in [7, 11) is 0. The number of halogens is 1. The first-order chi connectivity index (χ1) is 11.9. The molecule has 0 radical (unpaired) electrons. The first-order valence-corrected chi connectivity index (χ1v) is 9.32. The number of rotatable bonds is 8. The zero-order valence-electron chi connectivity index (χ0n) is 15.3. The zero-order chi connectivity index (χ0) is 18.4. The van der Waals surface area contributed by atoms with Gasteiger partial charge in [0.2, 0.25) is 5.79 Å². The number of carbonyl (C=O) groups excluding carboxylic acids is 1. The van der Waals surface area contributed by atoms with Gasteiger partial charge in [-0.2, -0.15) is 0 Å². The van der Waals surface area contributed by atoms with Gasteiger partial charge < -0.3 is 19.5 Å². The summed E-state index contributed by atoms with van der Waals surface area (Å²) < 4.78 is 11.1. The van der Waals surface area contributed by atoms with Gasteiger partial charge in [-0.25, -0.2) is 0 Å². The number of hydrogen-bond donors (Lipinski definition) is 1. The molecule has 1 saturated heterocycles. The maximum absolute atomic E-state index is 12.3. The minimum Gasteiger partial charge on any atom is -0.493 e. The predicted molar refractivity (Wildman–Crippen MR) is 97.9 cm³/mol. The van der Waals surface area contributed by atoms with E-state index in [-0.39, 0.29) is 18.4 Å². The molecule has 2 unspecified atom stereocenters.